The third kappa shape index (κ3) is 13.1. The third-order valence-electron chi connectivity index (χ3n) is 17.4. The summed E-state index contributed by atoms with van der Waals surface area (Å²) in [5, 5.41) is 12.8. The molecule has 2 amide bonds. The highest BCUT2D eigenvalue weighted by Gasteiger charge is 2.59. The van der Waals surface area contributed by atoms with E-state index in [4.69, 9.17) is 10.5 Å². The number of anilines is 2. The number of nitrogens with one attached hydrogen (secondary N) is 5. The lowest BCUT2D eigenvalue weighted by molar-refractivity contribution is -0.0581. The lowest BCUT2D eigenvalue weighted by atomic mass is 9.47. The molecule has 0 aliphatic heterocycles. The molecular weight excluding hydrogens is 863 g/mol. The molecule has 7 rings (SSSR count). The number of hydrogen-bond donors (Lipinski definition) is 6. The standard InChI is InChI=1S/C56H89N9O4/c1-7-8-33-60-52-63-49(57)48-50(64-52)65(53(67)62-48)37-40-19-21-41(22-20-40)51(66)59-34-14-12-10-9-11-13-31-58-32-16-35-61-54(68)69-43-27-29-55(5)42(36-43)23-24-44-46-26-25-45(39(4)18-15-17-38(2)3)56(46,6)30-28-47(44)55/h19-23,38-39,43-47,58H,7-18,24-37H2,1-6H3,(H,59,66)(H,61,68)(H,62,67)(H3,57,60,63,64)/t39-,43+,44+,45-,46+,47+,55+,56-/m1/s1. The van der Waals surface area contributed by atoms with Crippen molar-refractivity contribution in [2.75, 3.05) is 43.8 Å². The smallest absolute Gasteiger partial charge is 0.407 e. The summed E-state index contributed by atoms with van der Waals surface area (Å²) in [6.45, 7) is 18.8. The lowest BCUT2D eigenvalue weighted by Gasteiger charge is -2.58. The molecule has 13 nitrogen and oxygen atoms in total. The van der Waals surface area contributed by atoms with Crippen molar-refractivity contribution in [2.45, 2.75) is 183 Å². The Bertz CT molecular complexity index is 2220. The van der Waals surface area contributed by atoms with Crippen LogP contribution in [0, 0.1) is 46.3 Å². The van der Waals surface area contributed by atoms with Crippen LogP contribution in [0.3, 0.4) is 0 Å². The molecule has 382 valence electrons. The number of aromatic amines is 1. The van der Waals surface area contributed by atoms with Crippen molar-refractivity contribution in [2.24, 2.45) is 46.3 Å². The first-order valence-electron chi connectivity index (χ1n) is 27.5. The van der Waals surface area contributed by atoms with Crippen LogP contribution in [-0.4, -0.2) is 70.3 Å². The van der Waals surface area contributed by atoms with Gasteiger partial charge in [0.15, 0.2) is 11.5 Å². The highest BCUT2D eigenvalue weighted by Crippen LogP contribution is 2.67. The largest absolute Gasteiger partial charge is 0.446 e. The van der Waals surface area contributed by atoms with Crippen LogP contribution >= 0.6 is 0 Å². The van der Waals surface area contributed by atoms with Crippen LogP contribution in [0.1, 0.15) is 186 Å². The number of benzene rings is 1. The second kappa shape index (κ2) is 24.6. The lowest BCUT2D eigenvalue weighted by Crippen LogP contribution is -2.51. The molecule has 7 N–H and O–H groups in total. The summed E-state index contributed by atoms with van der Waals surface area (Å²) in [5.74, 6) is 5.55. The first-order valence-corrected chi connectivity index (χ1v) is 27.5. The molecule has 3 aromatic rings. The van der Waals surface area contributed by atoms with Crippen molar-refractivity contribution >= 4 is 34.9 Å². The number of allylic oxidation sites excluding steroid dienone is 1. The fourth-order valence-electron chi connectivity index (χ4n) is 13.5. The Kier molecular flexibility index (Phi) is 18.7. The summed E-state index contributed by atoms with van der Waals surface area (Å²) in [5.41, 5.74) is 10.5. The van der Waals surface area contributed by atoms with Gasteiger partial charge in [0.1, 0.15) is 11.6 Å². The number of imidazole rings is 1. The molecule has 4 aliphatic carbocycles. The van der Waals surface area contributed by atoms with E-state index < -0.39 is 0 Å². The summed E-state index contributed by atoms with van der Waals surface area (Å²) in [4.78, 5) is 50.1. The Hall–Kier alpha value is -4.39. The quantitative estimate of drug-likeness (QED) is 0.0337. The van der Waals surface area contributed by atoms with Crippen molar-refractivity contribution in [1.29, 1.82) is 0 Å². The minimum Gasteiger partial charge on any atom is -0.446 e. The topological polar surface area (TPSA) is 181 Å². The van der Waals surface area contributed by atoms with E-state index >= 15 is 0 Å². The van der Waals surface area contributed by atoms with E-state index in [9.17, 15) is 14.4 Å². The van der Waals surface area contributed by atoms with E-state index in [-0.39, 0.29) is 41.6 Å². The van der Waals surface area contributed by atoms with Crippen LogP contribution in [0.4, 0.5) is 16.6 Å². The van der Waals surface area contributed by atoms with E-state index in [1.807, 2.05) is 12.1 Å². The number of amides is 2. The number of fused-ring (bicyclic) bond motifs is 6. The SMILES string of the molecule is CCCCNc1nc(N)c2[nH]c(=O)n(Cc3ccc(C(=O)NCCCCCCCCNCCCNC(=O)O[C@H]4CC[C@@]5(C)C(=CC[C@H]6[C@@H]7CC[C@H]([C@H](C)CCCC(C)C)[C@@]7(C)CC[C@@H]65)C4)cc3)c2n1. The third-order valence-corrected chi connectivity index (χ3v) is 17.4. The molecule has 0 saturated heterocycles. The monoisotopic (exact) mass is 952 g/mol. The van der Waals surface area contributed by atoms with Gasteiger partial charge in [0.25, 0.3) is 5.91 Å². The number of nitrogens with zero attached hydrogens (tertiary/aromatic N) is 3. The number of aromatic nitrogens is 4. The maximum Gasteiger partial charge on any atom is 0.407 e. The summed E-state index contributed by atoms with van der Waals surface area (Å²) in [7, 11) is 0. The minimum absolute atomic E-state index is 0.0116. The predicted molar refractivity (Wildman–Crippen MR) is 280 cm³/mol. The highest BCUT2D eigenvalue weighted by atomic mass is 16.6. The number of nitrogen functional groups attached to an aromatic ring is 1. The van der Waals surface area contributed by atoms with E-state index in [1.165, 1.54) is 68.8 Å². The summed E-state index contributed by atoms with van der Waals surface area (Å²) in [6.07, 6.45) is 25.9. The summed E-state index contributed by atoms with van der Waals surface area (Å²) in [6, 6.07) is 7.31. The zero-order valence-electron chi connectivity index (χ0n) is 43.4. The Morgan fingerprint density at radius 3 is 2.35 bits per heavy atom. The van der Waals surface area contributed by atoms with Crippen molar-refractivity contribution in [1.82, 2.24) is 35.5 Å². The van der Waals surface area contributed by atoms with Crippen LogP contribution in [0.5, 0.6) is 0 Å². The number of ether oxygens (including phenoxy) is 1. The zero-order chi connectivity index (χ0) is 49.0. The van der Waals surface area contributed by atoms with E-state index in [0.29, 0.717) is 41.2 Å². The van der Waals surface area contributed by atoms with Crippen molar-refractivity contribution in [3.63, 3.8) is 0 Å². The number of alkyl carbamates (subject to hydrolysis) is 1. The number of H-pyrrole nitrogens is 1. The number of hydrogen-bond acceptors (Lipinski definition) is 9. The van der Waals surface area contributed by atoms with Crippen LogP contribution in [0.25, 0.3) is 11.2 Å². The molecule has 2 heterocycles. The first kappa shape index (κ1) is 52.4. The molecule has 4 aliphatic rings. The molecular formula is C56H89N9O4. The van der Waals surface area contributed by atoms with Crippen LogP contribution in [0.2, 0.25) is 0 Å². The van der Waals surface area contributed by atoms with Gasteiger partial charge in [-0.2, -0.15) is 9.97 Å². The van der Waals surface area contributed by atoms with Crippen LogP contribution < -0.4 is 32.7 Å². The normalized spacial score (nSPS) is 25.7. The predicted octanol–water partition coefficient (Wildman–Crippen LogP) is 11.1. The summed E-state index contributed by atoms with van der Waals surface area (Å²) < 4.78 is 7.57. The van der Waals surface area contributed by atoms with Gasteiger partial charge in [-0.25, -0.2) is 9.59 Å². The van der Waals surface area contributed by atoms with Gasteiger partial charge >= 0.3 is 11.8 Å². The van der Waals surface area contributed by atoms with Gasteiger partial charge in [-0.3, -0.25) is 9.36 Å². The average molecular weight is 952 g/mol. The highest BCUT2D eigenvalue weighted by molar-refractivity contribution is 5.94. The minimum atomic E-state index is -0.313. The van der Waals surface area contributed by atoms with E-state index in [0.717, 1.165) is 125 Å². The maximum absolute atomic E-state index is 12.8. The molecule has 3 fully saturated rings. The fraction of sp³-hybridized carbons (Fsp3) is 0.732. The number of nitrogens with two attached hydrogens (primary N) is 1. The van der Waals surface area contributed by atoms with Gasteiger partial charge in [0.05, 0.1) is 6.54 Å². The Balaban J connectivity index is 0.698. The summed E-state index contributed by atoms with van der Waals surface area (Å²) >= 11 is 0. The maximum atomic E-state index is 12.8. The number of unbranched alkanes of at least 4 members (excludes halogenated alkanes) is 6. The second-order valence-corrected chi connectivity index (χ2v) is 22.6. The fourth-order valence-corrected chi connectivity index (χ4v) is 13.5. The molecule has 0 bridgehead atoms. The van der Waals surface area contributed by atoms with Gasteiger partial charge in [-0.05, 0) is 148 Å². The average Bonchev–Trinajstić information content (AvgIpc) is 3.85. The molecule has 0 unspecified atom stereocenters. The van der Waals surface area contributed by atoms with Gasteiger partial charge in [-0.1, -0.05) is 117 Å². The molecule has 69 heavy (non-hydrogen) atoms. The van der Waals surface area contributed by atoms with Crippen LogP contribution in [-0.2, 0) is 11.3 Å². The molecule has 13 heteroatoms. The zero-order valence-corrected chi connectivity index (χ0v) is 43.4. The van der Waals surface area contributed by atoms with Gasteiger partial charge in [-0.15, -0.1) is 0 Å². The number of carbonyl (C=O) groups excluding carboxylic acids is 2. The molecule has 0 radical (unpaired) electrons. The van der Waals surface area contributed by atoms with E-state index in [1.54, 1.807) is 17.7 Å². The first-order chi connectivity index (χ1) is 33.3. The second-order valence-electron chi connectivity index (χ2n) is 22.6. The van der Waals surface area contributed by atoms with Gasteiger partial charge in [0.2, 0.25) is 5.95 Å². The Morgan fingerprint density at radius 2 is 1.58 bits per heavy atom. The van der Waals surface area contributed by atoms with Gasteiger partial charge < -0.3 is 36.7 Å². The Morgan fingerprint density at radius 1 is 0.841 bits per heavy atom. The molecule has 3 saturated carbocycles. The van der Waals surface area contributed by atoms with Crippen molar-refractivity contribution < 1.29 is 14.3 Å². The van der Waals surface area contributed by atoms with Crippen LogP contribution in [0.15, 0.2) is 40.7 Å². The van der Waals surface area contributed by atoms with Crippen molar-refractivity contribution in [3.8, 4) is 0 Å². The molecule has 2 aromatic heterocycles. The molecule has 1 aromatic carbocycles. The molecule has 8 atom stereocenters. The number of rotatable bonds is 26. The van der Waals surface area contributed by atoms with Gasteiger partial charge in [0, 0.05) is 31.6 Å². The number of carbonyl (C=O) groups is 2. The van der Waals surface area contributed by atoms with Crippen molar-refractivity contribution in [3.05, 3.63) is 57.5 Å². The Labute approximate surface area is 413 Å². The van der Waals surface area contributed by atoms with E-state index in [2.05, 4.69) is 83.8 Å². The molecule has 0 spiro atoms.